The second-order valence-electron chi connectivity index (χ2n) is 10.1. The molecular formula is C30H55NO6. The van der Waals surface area contributed by atoms with Crippen LogP contribution in [0.25, 0.3) is 0 Å². The van der Waals surface area contributed by atoms with Crippen molar-refractivity contribution in [3.8, 4) is 0 Å². The summed E-state index contributed by atoms with van der Waals surface area (Å²) >= 11 is 0. The SMILES string of the molecule is CCCCCCCCCCCCCCCCCCCC=CC=CC(=O)N[C@@H](C=O)[C@@H](O)[C@H](O)[C@H](O)CO. The summed E-state index contributed by atoms with van der Waals surface area (Å²) in [6.07, 6.45) is 25.6. The first kappa shape index (κ1) is 35.5. The number of aliphatic hydroxyl groups excluding tert-OH is 4. The molecule has 0 aliphatic carbocycles. The summed E-state index contributed by atoms with van der Waals surface area (Å²) in [7, 11) is 0. The lowest BCUT2D eigenvalue weighted by Crippen LogP contribution is -2.53. The van der Waals surface area contributed by atoms with E-state index in [1.165, 1.54) is 109 Å². The molecule has 7 nitrogen and oxygen atoms in total. The summed E-state index contributed by atoms with van der Waals surface area (Å²) < 4.78 is 0. The summed E-state index contributed by atoms with van der Waals surface area (Å²) in [5, 5.41) is 39.9. The van der Waals surface area contributed by atoms with Crippen molar-refractivity contribution >= 4 is 12.2 Å². The van der Waals surface area contributed by atoms with Gasteiger partial charge in [-0.2, -0.15) is 0 Å². The van der Waals surface area contributed by atoms with Crippen LogP contribution in [0.15, 0.2) is 24.3 Å². The van der Waals surface area contributed by atoms with Gasteiger partial charge in [0.1, 0.15) is 30.6 Å². The summed E-state index contributed by atoms with van der Waals surface area (Å²) in [5.74, 6) is -0.607. The summed E-state index contributed by atoms with van der Waals surface area (Å²) in [4.78, 5) is 23.0. The van der Waals surface area contributed by atoms with E-state index in [4.69, 9.17) is 5.11 Å². The Hall–Kier alpha value is -1.54. The van der Waals surface area contributed by atoms with E-state index in [2.05, 4.69) is 12.2 Å². The summed E-state index contributed by atoms with van der Waals surface area (Å²) in [6, 6.07) is -1.40. The van der Waals surface area contributed by atoms with E-state index in [9.17, 15) is 24.9 Å². The lowest BCUT2D eigenvalue weighted by Gasteiger charge is -2.25. The van der Waals surface area contributed by atoms with Gasteiger partial charge in [-0.05, 0) is 12.8 Å². The third-order valence-electron chi connectivity index (χ3n) is 6.72. The van der Waals surface area contributed by atoms with Gasteiger partial charge in [0.05, 0.1) is 6.61 Å². The highest BCUT2D eigenvalue weighted by Crippen LogP contribution is 2.14. The van der Waals surface area contributed by atoms with Crippen molar-refractivity contribution in [2.45, 2.75) is 147 Å². The first-order valence-corrected chi connectivity index (χ1v) is 14.7. The number of aliphatic hydroxyl groups is 4. The smallest absolute Gasteiger partial charge is 0.244 e. The molecule has 0 rings (SSSR count). The van der Waals surface area contributed by atoms with Gasteiger partial charge in [0.15, 0.2) is 0 Å². The Bertz CT molecular complexity index is 595. The normalized spacial score (nSPS) is 15.2. The average Bonchev–Trinajstić information content (AvgIpc) is 2.91. The van der Waals surface area contributed by atoms with Crippen molar-refractivity contribution < 1.29 is 30.0 Å². The van der Waals surface area contributed by atoms with Crippen LogP contribution in [0, 0.1) is 0 Å². The maximum Gasteiger partial charge on any atom is 0.244 e. The van der Waals surface area contributed by atoms with Crippen molar-refractivity contribution in [2.75, 3.05) is 6.61 Å². The third-order valence-corrected chi connectivity index (χ3v) is 6.72. The maximum atomic E-state index is 11.9. The molecule has 0 heterocycles. The molecule has 37 heavy (non-hydrogen) atoms. The Morgan fingerprint density at radius 3 is 1.59 bits per heavy atom. The molecular weight excluding hydrogens is 470 g/mol. The molecule has 0 radical (unpaired) electrons. The molecule has 0 saturated carbocycles. The van der Waals surface area contributed by atoms with Crippen molar-refractivity contribution in [3.05, 3.63) is 24.3 Å². The van der Waals surface area contributed by atoms with Crippen LogP contribution in [0.1, 0.15) is 122 Å². The number of amides is 1. The van der Waals surface area contributed by atoms with E-state index in [1.54, 1.807) is 12.2 Å². The monoisotopic (exact) mass is 525 g/mol. The zero-order valence-corrected chi connectivity index (χ0v) is 23.2. The number of aldehydes is 1. The van der Waals surface area contributed by atoms with Crippen molar-refractivity contribution in [3.63, 3.8) is 0 Å². The quantitative estimate of drug-likeness (QED) is 0.0473. The lowest BCUT2D eigenvalue weighted by atomic mass is 10.0. The van der Waals surface area contributed by atoms with E-state index < -0.39 is 36.9 Å². The molecule has 0 fully saturated rings. The Morgan fingerprint density at radius 2 is 1.16 bits per heavy atom. The third kappa shape index (κ3) is 21.1. The minimum atomic E-state index is -1.76. The highest BCUT2D eigenvalue weighted by atomic mass is 16.4. The van der Waals surface area contributed by atoms with Gasteiger partial charge in [-0.1, -0.05) is 128 Å². The molecule has 1 amide bonds. The van der Waals surface area contributed by atoms with Crippen LogP contribution < -0.4 is 5.32 Å². The molecule has 0 spiro atoms. The molecule has 0 aliphatic rings. The number of hydrogen-bond donors (Lipinski definition) is 5. The lowest BCUT2D eigenvalue weighted by molar-refractivity contribution is -0.128. The Labute approximate surface area is 225 Å². The fraction of sp³-hybridized carbons (Fsp3) is 0.800. The van der Waals surface area contributed by atoms with Gasteiger partial charge in [0.25, 0.3) is 0 Å². The second kappa shape index (κ2) is 26.1. The van der Waals surface area contributed by atoms with Crippen LogP contribution in [-0.4, -0.2) is 63.6 Å². The molecule has 4 atom stereocenters. The number of carbonyl (C=O) groups is 2. The zero-order valence-electron chi connectivity index (χ0n) is 23.2. The van der Waals surface area contributed by atoms with Gasteiger partial charge in [-0.15, -0.1) is 0 Å². The molecule has 0 aromatic rings. The van der Waals surface area contributed by atoms with Crippen molar-refractivity contribution in [2.24, 2.45) is 0 Å². The van der Waals surface area contributed by atoms with Gasteiger partial charge >= 0.3 is 0 Å². The van der Waals surface area contributed by atoms with Crippen LogP contribution in [0.5, 0.6) is 0 Å². The first-order valence-electron chi connectivity index (χ1n) is 14.7. The predicted octanol–water partition coefficient (Wildman–Crippen LogP) is 4.90. The Kier molecular flexibility index (Phi) is 25.0. The molecule has 216 valence electrons. The standard InChI is InChI=1S/C30H55NO6/c1-2-3-4-5-6-7-8-9-10-11-12-13-14-15-16-17-18-19-20-21-22-23-28(35)31-26(24-32)29(36)30(37)27(34)25-33/h20-24,26-27,29-30,33-34,36-37H,2-19,25H2,1H3,(H,31,35)/t26-,27+,29+,30+/m0/s1. The topological polar surface area (TPSA) is 127 Å². The molecule has 0 aromatic carbocycles. The summed E-state index contributed by atoms with van der Waals surface area (Å²) in [6.45, 7) is 1.49. The number of rotatable bonds is 26. The van der Waals surface area contributed by atoms with Gasteiger partial charge in [-0.3, -0.25) is 4.79 Å². The summed E-state index contributed by atoms with van der Waals surface area (Å²) in [5.41, 5.74) is 0. The maximum absolute atomic E-state index is 11.9. The molecule has 0 bridgehead atoms. The Morgan fingerprint density at radius 1 is 0.703 bits per heavy atom. The minimum absolute atomic E-state index is 0.275. The number of hydrogen-bond acceptors (Lipinski definition) is 6. The number of unbranched alkanes of at least 4 members (excludes halogenated alkanes) is 17. The molecule has 7 heteroatoms. The number of allylic oxidation sites excluding steroid dienone is 3. The van der Waals surface area contributed by atoms with E-state index >= 15 is 0 Å². The number of carbonyl (C=O) groups excluding carboxylic acids is 2. The largest absolute Gasteiger partial charge is 0.394 e. The Balaban J connectivity index is 3.63. The van der Waals surface area contributed by atoms with E-state index in [0.717, 1.165) is 12.8 Å². The highest BCUT2D eigenvalue weighted by Gasteiger charge is 2.31. The zero-order chi connectivity index (χ0) is 27.6. The van der Waals surface area contributed by atoms with Crippen LogP contribution in [0.2, 0.25) is 0 Å². The van der Waals surface area contributed by atoms with Crippen LogP contribution in [0.3, 0.4) is 0 Å². The number of nitrogens with one attached hydrogen (secondary N) is 1. The van der Waals surface area contributed by atoms with Gasteiger partial charge < -0.3 is 30.5 Å². The fourth-order valence-corrected chi connectivity index (χ4v) is 4.27. The van der Waals surface area contributed by atoms with E-state index in [-0.39, 0.29) is 6.29 Å². The van der Waals surface area contributed by atoms with Crippen molar-refractivity contribution in [1.29, 1.82) is 0 Å². The van der Waals surface area contributed by atoms with Gasteiger partial charge in [-0.25, -0.2) is 0 Å². The van der Waals surface area contributed by atoms with Gasteiger partial charge in [0, 0.05) is 6.08 Å². The molecule has 5 N–H and O–H groups in total. The highest BCUT2D eigenvalue weighted by molar-refractivity contribution is 5.89. The van der Waals surface area contributed by atoms with Crippen LogP contribution in [-0.2, 0) is 9.59 Å². The first-order chi connectivity index (χ1) is 18.0. The van der Waals surface area contributed by atoms with E-state index in [0.29, 0.717) is 0 Å². The molecule has 0 unspecified atom stereocenters. The minimum Gasteiger partial charge on any atom is -0.394 e. The molecule has 0 aliphatic heterocycles. The van der Waals surface area contributed by atoms with E-state index in [1.807, 2.05) is 6.08 Å². The van der Waals surface area contributed by atoms with Gasteiger partial charge in [0.2, 0.25) is 5.91 Å². The van der Waals surface area contributed by atoms with Crippen LogP contribution in [0.4, 0.5) is 0 Å². The molecule has 0 aromatic heterocycles. The predicted molar refractivity (Wildman–Crippen MR) is 150 cm³/mol. The van der Waals surface area contributed by atoms with Crippen LogP contribution >= 0.6 is 0 Å². The average molecular weight is 526 g/mol. The second-order valence-corrected chi connectivity index (χ2v) is 10.1. The van der Waals surface area contributed by atoms with Crippen molar-refractivity contribution in [1.82, 2.24) is 5.32 Å². The molecule has 0 saturated heterocycles. The fourth-order valence-electron chi connectivity index (χ4n) is 4.27.